The smallest absolute Gasteiger partial charge is 0.240 e. The zero-order valence-corrected chi connectivity index (χ0v) is 16.0. The quantitative estimate of drug-likeness (QED) is 0.763. The van der Waals surface area contributed by atoms with Crippen LogP contribution in [0.15, 0.2) is 53.4 Å². The van der Waals surface area contributed by atoms with E-state index in [1.807, 2.05) is 0 Å². The van der Waals surface area contributed by atoms with Gasteiger partial charge in [0, 0.05) is 12.1 Å². The van der Waals surface area contributed by atoms with Gasteiger partial charge in [0.15, 0.2) is 0 Å². The van der Waals surface area contributed by atoms with Gasteiger partial charge in [-0.15, -0.1) is 12.4 Å². The summed E-state index contributed by atoms with van der Waals surface area (Å²) in [5.41, 5.74) is 5.18. The SMILES string of the molecule is COc1ccc(Oc2ccc(S(=O)(=O)NCC(C)(C)N)cc2)cc1.Cl. The summed E-state index contributed by atoms with van der Waals surface area (Å²) in [5, 5.41) is 0. The van der Waals surface area contributed by atoms with Crippen molar-refractivity contribution in [2.75, 3.05) is 13.7 Å². The molecule has 0 heterocycles. The third-order valence-electron chi connectivity index (χ3n) is 3.15. The molecule has 0 fully saturated rings. The van der Waals surface area contributed by atoms with E-state index in [9.17, 15) is 8.42 Å². The van der Waals surface area contributed by atoms with Crippen LogP contribution in [-0.2, 0) is 10.0 Å². The Bertz CT molecular complexity index is 770. The number of halogens is 1. The van der Waals surface area contributed by atoms with Crippen LogP contribution in [0.2, 0.25) is 0 Å². The monoisotopic (exact) mass is 386 g/mol. The Morgan fingerprint density at radius 3 is 1.84 bits per heavy atom. The fourth-order valence-electron chi connectivity index (χ4n) is 1.83. The molecule has 3 N–H and O–H groups in total. The molecule has 0 radical (unpaired) electrons. The summed E-state index contributed by atoms with van der Waals surface area (Å²) in [6, 6.07) is 13.3. The molecule has 8 heteroatoms. The maximum atomic E-state index is 12.2. The topological polar surface area (TPSA) is 90.6 Å². The third-order valence-corrected chi connectivity index (χ3v) is 4.56. The number of nitrogens with one attached hydrogen (secondary N) is 1. The van der Waals surface area contributed by atoms with Gasteiger partial charge >= 0.3 is 0 Å². The predicted octanol–water partition coefficient (Wildman–Crippen LogP) is 2.92. The lowest BCUT2D eigenvalue weighted by Gasteiger charge is -2.19. The van der Waals surface area contributed by atoms with Crippen molar-refractivity contribution >= 4 is 22.4 Å². The molecule has 0 aliphatic carbocycles. The highest BCUT2D eigenvalue weighted by molar-refractivity contribution is 7.89. The Morgan fingerprint density at radius 1 is 0.960 bits per heavy atom. The summed E-state index contributed by atoms with van der Waals surface area (Å²) in [6.45, 7) is 3.65. The van der Waals surface area contributed by atoms with E-state index >= 15 is 0 Å². The Labute approximate surface area is 154 Å². The number of nitrogens with two attached hydrogens (primary N) is 1. The number of rotatable bonds is 7. The molecule has 25 heavy (non-hydrogen) atoms. The molecule has 0 amide bonds. The zero-order valence-electron chi connectivity index (χ0n) is 14.4. The highest BCUT2D eigenvalue weighted by Crippen LogP contribution is 2.24. The Morgan fingerprint density at radius 2 is 1.40 bits per heavy atom. The molecule has 138 valence electrons. The van der Waals surface area contributed by atoms with E-state index in [1.54, 1.807) is 57.4 Å². The zero-order chi connectivity index (χ0) is 17.8. The Balaban J connectivity index is 0.00000312. The maximum absolute atomic E-state index is 12.2. The second-order valence-electron chi connectivity index (χ2n) is 6.06. The van der Waals surface area contributed by atoms with E-state index < -0.39 is 15.6 Å². The van der Waals surface area contributed by atoms with Crippen molar-refractivity contribution in [3.8, 4) is 17.2 Å². The molecule has 0 aliphatic rings. The van der Waals surface area contributed by atoms with E-state index in [-0.39, 0.29) is 23.8 Å². The number of methoxy groups -OCH3 is 1. The largest absolute Gasteiger partial charge is 0.497 e. The van der Waals surface area contributed by atoms with Gasteiger partial charge < -0.3 is 15.2 Å². The molecule has 0 bridgehead atoms. The predicted molar refractivity (Wildman–Crippen MR) is 100 cm³/mol. The minimum Gasteiger partial charge on any atom is -0.497 e. The highest BCUT2D eigenvalue weighted by atomic mass is 35.5. The lowest BCUT2D eigenvalue weighted by atomic mass is 10.1. The molecule has 0 aromatic heterocycles. The minimum atomic E-state index is -3.59. The van der Waals surface area contributed by atoms with Crippen LogP contribution in [0.1, 0.15) is 13.8 Å². The van der Waals surface area contributed by atoms with E-state index in [4.69, 9.17) is 15.2 Å². The van der Waals surface area contributed by atoms with Gasteiger partial charge in [-0.3, -0.25) is 0 Å². The van der Waals surface area contributed by atoms with Crippen molar-refractivity contribution in [3.63, 3.8) is 0 Å². The van der Waals surface area contributed by atoms with Gasteiger partial charge in [0.25, 0.3) is 0 Å². The molecule has 0 aliphatic heterocycles. The second kappa shape index (κ2) is 8.53. The molecule has 0 saturated carbocycles. The molecular formula is C17H23ClN2O4S. The van der Waals surface area contributed by atoms with Crippen LogP contribution in [0.25, 0.3) is 0 Å². The lowest BCUT2D eigenvalue weighted by molar-refractivity contribution is 0.413. The van der Waals surface area contributed by atoms with Crippen molar-refractivity contribution in [2.45, 2.75) is 24.3 Å². The fourth-order valence-corrected chi connectivity index (χ4v) is 3.05. The summed E-state index contributed by atoms with van der Waals surface area (Å²) >= 11 is 0. The summed E-state index contributed by atoms with van der Waals surface area (Å²) < 4.78 is 37.6. The second-order valence-corrected chi connectivity index (χ2v) is 7.83. The van der Waals surface area contributed by atoms with Crippen molar-refractivity contribution in [1.29, 1.82) is 0 Å². The minimum absolute atomic E-state index is 0. The van der Waals surface area contributed by atoms with Gasteiger partial charge in [0.1, 0.15) is 17.2 Å². The van der Waals surface area contributed by atoms with Crippen molar-refractivity contribution in [2.24, 2.45) is 5.73 Å². The normalized spacial score (nSPS) is 11.5. The number of sulfonamides is 1. The molecule has 0 atom stereocenters. The molecule has 2 rings (SSSR count). The van der Waals surface area contributed by atoms with Gasteiger partial charge in [0.05, 0.1) is 12.0 Å². The van der Waals surface area contributed by atoms with Gasteiger partial charge in [-0.05, 0) is 62.4 Å². The summed E-state index contributed by atoms with van der Waals surface area (Å²) in [4.78, 5) is 0.161. The van der Waals surface area contributed by atoms with Crippen LogP contribution in [0.4, 0.5) is 0 Å². The van der Waals surface area contributed by atoms with Crippen LogP contribution >= 0.6 is 12.4 Å². The molecular weight excluding hydrogens is 364 g/mol. The first-order valence-corrected chi connectivity index (χ1v) is 8.88. The number of hydrogen-bond donors (Lipinski definition) is 2. The molecule has 2 aromatic rings. The molecule has 2 aromatic carbocycles. The number of benzene rings is 2. The Kier molecular flexibility index (Phi) is 7.25. The fraction of sp³-hybridized carbons (Fsp3) is 0.294. The van der Waals surface area contributed by atoms with Crippen LogP contribution in [0.3, 0.4) is 0 Å². The van der Waals surface area contributed by atoms with Crippen LogP contribution in [0, 0.1) is 0 Å². The standard InChI is InChI=1S/C17H22N2O4S.ClH/c1-17(2,18)12-19-24(20,21)16-10-8-15(9-11-16)23-14-6-4-13(22-3)5-7-14;/h4-11,19H,12,18H2,1-3H3;1H. The average molecular weight is 387 g/mol. The summed E-state index contributed by atoms with van der Waals surface area (Å²) in [6.07, 6.45) is 0. The van der Waals surface area contributed by atoms with Crippen molar-refractivity contribution < 1.29 is 17.9 Å². The first-order chi connectivity index (χ1) is 11.2. The van der Waals surface area contributed by atoms with Gasteiger partial charge in [0.2, 0.25) is 10.0 Å². The van der Waals surface area contributed by atoms with Crippen LogP contribution < -0.4 is 19.9 Å². The molecule has 0 saturated heterocycles. The maximum Gasteiger partial charge on any atom is 0.240 e. The van der Waals surface area contributed by atoms with Gasteiger partial charge in [-0.2, -0.15) is 0 Å². The first kappa shape index (κ1) is 21.2. The highest BCUT2D eigenvalue weighted by Gasteiger charge is 2.18. The first-order valence-electron chi connectivity index (χ1n) is 7.40. The number of hydrogen-bond acceptors (Lipinski definition) is 5. The summed E-state index contributed by atoms with van der Waals surface area (Å²) in [5.74, 6) is 1.91. The van der Waals surface area contributed by atoms with E-state index in [1.165, 1.54) is 12.1 Å². The van der Waals surface area contributed by atoms with Crippen LogP contribution in [0.5, 0.6) is 17.2 Å². The Hall–Kier alpha value is -1.80. The molecule has 0 spiro atoms. The van der Waals surface area contributed by atoms with Gasteiger partial charge in [-0.1, -0.05) is 0 Å². The lowest BCUT2D eigenvalue weighted by Crippen LogP contribution is -2.45. The number of ether oxygens (including phenoxy) is 2. The van der Waals surface area contributed by atoms with E-state index in [2.05, 4.69) is 4.72 Å². The summed E-state index contributed by atoms with van der Waals surface area (Å²) in [7, 11) is -2.00. The third kappa shape index (κ3) is 6.55. The molecule has 6 nitrogen and oxygen atoms in total. The van der Waals surface area contributed by atoms with Gasteiger partial charge in [-0.25, -0.2) is 13.1 Å². The average Bonchev–Trinajstić information content (AvgIpc) is 2.54. The van der Waals surface area contributed by atoms with Crippen molar-refractivity contribution in [3.05, 3.63) is 48.5 Å². The van der Waals surface area contributed by atoms with E-state index in [0.29, 0.717) is 11.5 Å². The van der Waals surface area contributed by atoms with E-state index in [0.717, 1.165) is 5.75 Å². The van der Waals surface area contributed by atoms with Crippen molar-refractivity contribution in [1.82, 2.24) is 4.72 Å². The molecule has 0 unspecified atom stereocenters. The van der Waals surface area contributed by atoms with Crippen LogP contribution in [-0.4, -0.2) is 27.6 Å².